The van der Waals surface area contributed by atoms with Crippen LogP contribution in [0.1, 0.15) is 48.9 Å². The second-order valence-corrected chi connectivity index (χ2v) is 26.3. The van der Waals surface area contributed by atoms with Gasteiger partial charge in [0.05, 0.1) is 39.5 Å². The van der Waals surface area contributed by atoms with Crippen LogP contribution in [0.2, 0.25) is 0 Å². The van der Waals surface area contributed by atoms with Gasteiger partial charge in [0.15, 0.2) is 0 Å². The largest absolute Gasteiger partial charge is 0.310 e. The average molecular weight is 1170 g/mol. The standard InChI is InChI=1S/C89H61N3/c1-89(2,3)59-51-84-87-85(52-59)92(88-62(55-23-6-4-7-24-55)37-22-38-63(88)56-25-8-5-9-26-56)82-48-42-58(57-41-45-72-68-31-12-10-27-64(68)66-29-14-16-33-70(66)77(72)49-57)50-79(82)86(87)76-47-44-61(90-80-39-20-18-35-74(80)75-36-19-21-40-81(75)90)54-83(76)91(84)60-43-46-73-69-32-13-11-28-65(69)67-30-15-17-34-71(67)78(73)53-60/h4-54,86H,1-3H3. The summed E-state index contributed by atoms with van der Waals surface area (Å²) >= 11 is 0. The Hall–Kier alpha value is -11.5. The van der Waals surface area contributed by atoms with E-state index in [-0.39, 0.29) is 11.3 Å². The van der Waals surface area contributed by atoms with Crippen LogP contribution < -0.4 is 9.80 Å². The third kappa shape index (κ3) is 7.75. The van der Waals surface area contributed by atoms with E-state index in [1.165, 1.54) is 142 Å². The highest BCUT2D eigenvalue weighted by Gasteiger charge is 2.43. The van der Waals surface area contributed by atoms with Crippen LogP contribution in [0.4, 0.5) is 34.1 Å². The molecule has 0 amide bonds. The minimum Gasteiger partial charge on any atom is -0.310 e. The van der Waals surface area contributed by atoms with Crippen molar-refractivity contribution < 1.29 is 0 Å². The molecule has 1 unspecified atom stereocenters. The molecular weight excluding hydrogens is 1110 g/mol. The molecule has 2 aliphatic rings. The van der Waals surface area contributed by atoms with Crippen molar-refractivity contribution >= 4 is 121 Å². The van der Waals surface area contributed by atoms with Gasteiger partial charge in [-0.1, -0.05) is 263 Å². The second-order valence-electron chi connectivity index (χ2n) is 26.3. The molecule has 0 N–H and O–H groups in total. The number of fused-ring (bicyclic) bond motifs is 19. The zero-order chi connectivity index (χ0) is 60.9. The van der Waals surface area contributed by atoms with Crippen LogP contribution >= 0.6 is 0 Å². The monoisotopic (exact) mass is 1170 g/mol. The molecule has 3 nitrogen and oxygen atoms in total. The molecule has 0 aliphatic carbocycles. The normalized spacial score (nSPS) is 13.7. The molecule has 0 spiro atoms. The molecule has 17 aromatic rings. The second kappa shape index (κ2) is 20.0. The molecule has 1 aromatic heterocycles. The van der Waals surface area contributed by atoms with E-state index in [1.807, 2.05) is 0 Å². The lowest BCUT2D eigenvalue weighted by Crippen LogP contribution is -2.31. The lowest BCUT2D eigenvalue weighted by Gasteiger charge is -2.47. The third-order valence-corrected chi connectivity index (χ3v) is 20.2. The first-order valence-corrected chi connectivity index (χ1v) is 32.3. The van der Waals surface area contributed by atoms with Gasteiger partial charge < -0.3 is 14.4 Å². The van der Waals surface area contributed by atoms with E-state index in [0.29, 0.717) is 0 Å². The summed E-state index contributed by atoms with van der Waals surface area (Å²) in [5, 5.41) is 17.6. The van der Waals surface area contributed by atoms with Crippen LogP contribution in [0.15, 0.2) is 309 Å². The number of benzene rings is 16. The Balaban J connectivity index is 0.949. The first-order valence-electron chi connectivity index (χ1n) is 32.3. The smallest absolute Gasteiger partial charge is 0.0618 e. The van der Waals surface area contributed by atoms with E-state index in [9.17, 15) is 0 Å². The fourth-order valence-corrected chi connectivity index (χ4v) is 16.1. The number of nitrogens with zero attached hydrogens (tertiary/aromatic N) is 3. The maximum atomic E-state index is 2.67. The highest BCUT2D eigenvalue weighted by molar-refractivity contribution is 6.27. The number of rotatable bonds is 6. The number of hydrogen-bond donors (Lipinski definition) is 0. The molecule has 92 heavy (non-hydrogen) atoms. The van der Waals surface area contributed by atoms with Crippen molar-refractivity contribution in [3.8, 4) is 39.1 Å². The Morgan fingerprint density at radius 1 is 0.261 bits per heavy atom. The van der Waals surface area contributed by atoms with E-state index < -0.39 is 0 Å². The number of hydrogen-bond acceptors (Lipinski definition) is 2. The summed E-state index contributed by atoms with van der Waals surface area (Å²) in [4.78, 5) is 5.32. The van der Waals surface area contributed by atoms with Gasteiger partial charge in [-0.3, -0.25) is 0 Å². The Bertz CT molecular complexity index is 5770. The third-order valence-electron chi connectivity index (χ3n) is 20.2. The van der Waals surface area contributed by atoms with E-state index in [0.717, 1.165) is 39.6 Å². The zero-order valence-corrected chi connectivity index (χ0v) is 51.4. The van der Waals surface area contributed by atoms with Crippen LogP contribution in [0.3, 0.4) is 0 Å². The number of aromatic nitrogens is 1. The fraction of sp³-hybridized carbons (Fsp3) is 0.0562. The molecular formula is C89H61N3. The molecule has 3 heteroatoms. The van der Waals surface area contributed by atoms with Crippen molar-refractivity contribution in [1.29, 1.82) is 0 Å². The Kier molecular flexibility index (Phi) is 11.4. The first kappa shape index (κ1) is 52.4. The van der Waals surface area contributed by atoms with E-state index in [4.69, 9.17) is 0 Å². The summed E-state index contributed by atoms with van der Waals surface area (Å²) in [5.41, 5.74) is 22.3. The van der Waals surface area contributed by atoms with E-state index in [1.54, 1.807) is 0 Å². The highest BCUT2D eigenvalue weighted by Crippen LogP contribution is 2.64. The van der Waals surface area contributed by atoms with Gasteiger partial charge in [-0.25, -0.2) is 0 Å². The van der Waals surface area contributed by atoms with Gasteiger partial charge in [0.25, 0.3) is 0 Å². The quantitative estimate of drug-likeness (QED) is 0.154. The van der Waals surface area contributed by atoms with E-state index in [2.05, 4.69) is 345 Å². The van der Waals surface area contributed by atoms with Crippen molar-refractivity contribution in [2.75, 3.05) is 9.80 Å². The summed E-state index contributed by atoms with van der Waals surface area (Å²) in [6.45, 7) is 7.14. The molecule has 16 aromatic carbocycles. The molecule has 0 fully saturated rings. The summed E-state index contributed by atoms with van der Waals surface area (Å²) in [6.07, 6.45) is 0. The Morgan fingerprint density at radius 2 is 0.685 bits per heavy atom. The maximum Gasteiger partial charge on any atom is 0.0618 e. The molecule has 19 rings (SSSR count). The lowest BCUT2D eigenvalue weighted by atomic mass is 9.73. The summed E-state index contributed by atoms with van der Waals surface area (Å²) < 4.78 is 2.49. The zero-order valence-electron chi connectivity index (χ0n) is 51.4. The molecule has 0 saturated carbocycles. The molecule has 0 bridgehead atoms. The maximum absolute atomic E-state index is 2.67. The Labute approximate surface area is 534 Å². The van der Waals surface area contributed by atoms with Crippen LogP contribution in [0, 0.1) is 0 Å². The summed E-state index contributed by atoms with van der Waals surface area (Å²) in [5.74, 6) is -0.182. The molecule has 432 valence electrons. The van der Waals surface area contributed by atoms with Gasteiger partial charge in [0.1, 0.15) is 0 Å². The van der Waals surface area contributed by atoms with Crippen LogP contribution in [-0.2, 0) is 5.41 Å². The minimum atomic E-state index is -0.251. The highest BCUT2D eigenvalue weighted by atomic mass is 15.2. The van der Waals surface area contributed by atoms with Crippen molar-refractivity contribution in [1.82, 2.24) is 4.57 Å². The number of anilines is 6. The molecule has 1 atom stereocenters. The Morgan fingerprint density at radius 3 is 1.22 bits per heavy atom. The summed E-state index contributed by atoms with van der Waals surface area (Å²) in [6, 6.07) is 117. The van der Waals surface area contributed by atoms with Gasteiger partial charge >= 0.3 is 0 Å². The van der Waals surface area contributed by atoms with Crippen LogP contribution in [-0.4, -0.2) is 4.57 Å². The van der Waals surface area contributed by atoms with Gasteiger partial charge in [-0.05, 0) is 176 Å². The van der Waals surface area contributed by atoms with E-state index >= 15 is 0 Å². The van der Waals surface area contributed by atoms with Crippen LogP contribution in [0.25, 0.3) is 126 Å². The number of para-hydroxylation sites is 3. The van der Waals surface area contributed by atoms with Gasteiger partial charge in [-0.15, -0.1) is 0 Å². The average Bonchev–Trinajstić information content (AvgIpc) is 0.801. The fourth-order valence-electron chi connectivity index (χ4n) is 16.1. The van der Waals surface area contributed by atoms with Crippen molar-refractivity contribution in [2.45, 2.75) is 32.1 Å². The van der Waals surface area contributed by atoms with Crippen LogP contribution in [0.5, 0.6) is 0 Å². The minimum absolute atomic E-state index is 0.182. The predicted molar refractivity (Wildman–Crippen MR) is 391 cm³/mol. The van der Waals surface area contributed by atoms with Crippen molar-refractivity contribution in [3.63, 3.8) is 0 Å². The topological polar surface area (TPSA) is 11.4 Å². The molecule has 2 aliphatic heterocycles. The van der Waals surface area contributed by atoms with Gasteiger partial charge in [0, 0.05) is 44.8 Å². The lowest BCUT2D eigenvalue weighted by molar-refractivity contribution is 0.590. The predicted octanol–water partition coefficient (Wildman–Crippen LogP) is 24.7. The van der Waals surface area contributed by atoms with Gasteiger partial charge in [-0.2, -0.15) is 0 Å². The SMILES string of the molecule is CC(C)(C)c1cc2c3c(c1)N(c1c(-c4ccccc4)cccc1-c1ccccc1)c1ccc(-c4ccc5c6ccccc6c6ccccc6c5c4)cc1C3c1ccc(-n3c4ccccc4c4ccccc43)cc1N2c1ccc2c3ccccc3c3ccccc3c2c1. The molecule has 0 saturated heterocycles. The van der Waals surface area contributed by atoms with Crippen molar-refractivity contribution in [3.05, 3.63) is 332 Å². The molecule has 0 radical (unpaired) electrons. The van der Waals surface area contributed by atoms with Gasteiger partial charge in [0.2, 0.25) is 0 Å². The molecule has 3 heterocycles. The first-order chi connectivity index (χ1) is 45.3. The van der Waals surface area contributed by atoms with Crippen molar-refractivity contribution in [2.24, 2.45) is 0 Å². The summed E-state index contributed by atoms with van der Waals surface area (Å²) in [7, 11) is 0.